The van der Waals surface area contributed by atoms with Gasteiger partial charge in [0.2, 0.25) is 11.8 Å². The van der Waals surface area contributed by atoms with Gasteiger partial charge in [0, 0.05) is 19.0 Å². The Morgan fingerprint density at radius 1 is 0.917 bits per heavy atom. The Bertz CT molecular complexity index is 1830. The van der Waals surface area contributed by atoms with Crippen LogP contribution in [0.1, 0.15) is 47.9 Å². The van der Waals surface area contributed by atoms with Gasteiger partial charge in [-0.25, -0.2) is 8.42 Å². The van der Waals surface area contributed by atoms with Crippen LogP contribution in [0.4, 0.5) is 5.69 Å². The summed E-state index contributed by atoms with van der Waals surface area (Å²) in [5.74, 6) is -0.413. The molecule has 1 aliphatic carbocycles. The molecule has 0 aromatic heterocycles. The number of halogens is 1. The molecule has 2 amide bonds. The van der Waals surface area contributed by atoms with E-state index in [1.54, 1.807) is 24.3 Å². The summed E-state index contributed by atoms with van der Waals surface area (Å²) in [6.45, 7) is 3.37. The largest absolute Gasteiger partial charge is 0.495 e. The predicted octanol–water partition coefficient (Wildman–Crippen LogP) is 6.86. The van der Waals surface area contributed by atoms with Crippen molar-refractivity contribution in [3.8, 4) is 5.75 Å². The Balaban J connectivity index is 1.59. The molecule has 0 spiro atoms. The SMILES string of the molecule is COc1ccc(N(CC(=O)N(Cc2ccccc2C)C(Cc2ccccc2)C(=O)NC2CCCC2)S(=O)(=O)c2ccc(C)cc2)cc1Cl. The fourth-order valence-electron chi connectivity index (χ4n) is 6.07. The number of methoxy groups -OCH3 is 1. The summed E-state index contributed by atoms with van der Waals surface area (Å²) < 4.78 is 35.0. The number of hydrogen-bond donors (Lipinski definition) is 1. The monoisotopic (exact) mass is 687 g/mol. The summed E-state index contributed by atoms with van der Waals surface area (Å²) in [6.07, 6.45) is 4.11. The van der Waals surface area contributed by atoms with Gasteiger partial charge in [0.1, 0.15) is 18.3 Å². The lowest BCUT2D eigenvalue weighted by molar-refractivity contribution is -0.140. The lowest BCUT2D eigenvalue weighted by Gasteiger charge is -2.34. The van der Waals surface area contributed by atoms with Gasteiger partial charge in [-0.2, -0.15) is 0 Å². The molecule has 0 saturated heterocycles. The Morgan fingerprint density at radius 3 is 2.23 bits per heavy atom. The average Bonchev–Trinajstić information content (AvgIpc) is 3.59. The van der Waals surface area contributed by atoms with Crippen molar-refractivity contribution < 1.29 is 22.7 Å². The zero-order valence-corrected chi connectivity index (χ0v) is 29.1. The fourth-order valence-corrected chi connectivity index (χ4v) is 7.73. The molecule has 48 heavy (non-hydrogen) atoms. The molecule has 8 nitrogen and oxygen atoms in total. The molecule has 10 heteroatoms. The second-order valence-electron chi connectivity index (χ2n) is 12.3. The van der Waals surface area contributed by atoms with Gasteiger partial charge in [-0.15, -0.1) is 0 Å². The molecule has 1 unspecified atom stereocenters. The number of aryl methyl sites for hydroxylation is 2. The molecule has 0 bridgehead atoms. The van der Waals surface area contributed by atoms with Gasteiger partial charge in [-0.05, 0) is 73.7 Å². The predicted molar refractivity (Wildman–Crippen MR) is 190 cm³/mol. The summed E-state index contributed by atoms with van der Waals surface area (Å²) >= 11 is 6.48. The van der Waals surface area contributed by atoms with Gasteiger partial charge in [-0.1, -0.05) is 96.7 Å². The van der Waals surface area contributed by atoms with Gasteiger partial charge in [0.15, 0.2) is 0 Å². The Hall–Kier alpha value is -4.34. The third-order valence-corrected chi connectivity index (χ3v) is 11.0. The molecule has 252 valence electrons. The maximum Gasteiger partial charge on any atom is 0.264 e. The van der Waals surface area contributed by atoms with Crippen molar-refractivity contribution in [2.45, 2.75) is 69.5 Å². The second kappa shape index (κ2) is 15.7. The Labute approximate surface area is 288 Å². The molecular formula is C38H42ClN3O5S. The molecular weight excluding hydrogens is 646 g/mol. The van der Waals surface area contributed by atoms with Gasteiger partial charge in [0.25, 0.3) is 10.0 Å². The van der Waals surface area contributed by atoms with Gasteiger partial charge in [-0.3, -0.25) is 13.9 Å². The van der Waals surface area contributed by atoms with Crippen molar-refractivity contribution in [1.82, 2.24) is 10.2 Å². The quantitative estimate of drug-likeness (QED) is 0.166. The molecule has 5 rings (SSSR count). The van der Waals surface area contributed by atoms with Crippen LogP contribution < -0.4 is 14.4 Å². The maximum absolute atomic E-state index is 14.7. The minimum Gasteiger partial charge on any atom is -0.495 e. The zero-order valence-electron chi connectivity index (χ0n) is 27.6. The Kier molecular flexibility index (Phi) is 11.4. The first-order valence-corrected chi connectivity index (χ1v) is 18.0. The molecule has 4 aromatic rings. The van der Waals surface area contributed by atoms with Crippen molar-refractivity contribution in [1.29, 1.82) is 0 Å². The first kappa shape index (κ1) is 35.0. The van der Waals surface area contributed by atoms with Gasteiger partial charge < -0.3 is 15.0 Å². The van der Waals surface area contributed by atoms with Crippen LogP contribution in [0.2, 0.25) is 5.02 Å². The number of carbonyl (C=O) groups excluding carboxylic acids is 2. The molecule has 1 N–H and O–H groups in total. The van der Waals surface area contributed by atoms with Crippen molar-refractivity contribution >= 4 is 39.1 Å². The Morgan fingerprint density at radius 2 is 1.58 bits per heavy atom. The standard InChI is InChI=1S/C38H42ClN3O5S/c1-27-17-20-33(21-18-27)48(45,46)42(32-19-22-36(47-3)34(39)24-32)26-37(43)41(25-30-14-8-7-11-28(30)2)35(23-29-12-5-4-6-13-29)38(44)40-31-15-9-10-16-31/h4-8,11-14,17-22,24,31,35H,9-10,15-16,23,25-26H2,1-3H3,(H,40,44). The van der Waals surface area contributed by atoms with Crippen molar-refractivity contribution in [3.05, 3.63) is 124 Å². The number of rotatable bonds is 13. The van der Waals surface area contributed by atoms with Crippen LogP contribution in [0.25, 0.3) is 0 Å². The van der Waals surface area contributed by atoms with Crippen molar-refractivity contribution in [2.24, 2.45) is 0 Å². The molecule has 1 atom stereocenters. The van der Waals surface area contributed by atoms with E-state index in [1.165, 1.54) is 30.2 Å². The van der Waals surface area contributed by atoms with Crippen LogP contribution in [0, 0.1) is 13.8 Å². The number of nitrogens with zero attached hydrogens (tertiary/aromatic N) is 2. The van der Waals surface area contributed by atoms with Crippen molar-refractivity contribution in [3.63, 3.8) is 0 Å². The summed E-state index contributed by atoms with van der Waals surface area (Å²) in [6, 6.07) is 27.4. The summed E-state index contributed by atoms with van der Waals surface area (Å²) in [4.78, 5) is 30.5. The highest BCUT2D eigenvalue weighted by Crippen LogP contribution is 2.32. The zero-order chi connectivity index (χ0) is 34.3. The van der Waals surface area contributed by atoms with Crippen LogP contribution in [0.3, 0.4) is 0 Å². The summed E-state index contributed by atoms with van der Waals surface area (Å²) in [5, 5.41) is 3.40. The average molecular weight is 688 g/mol. The van der Waals surface area contributed by atoms with Crippen LogP contribution in [0.15, 0.2) is 102 Å². The molecule has 4 aromatic carbocycles. The molecule has 1 aliphatic rings. The van der Waals surface area contributed by atoms with E-state index in [0.717, 1.165) is 52.2 Å². The van der Waals surface area contributed by atoms with Crippen LogP contribution in [-0.2, 0) is 32.6 Å². The first-order valence-electron chi connectivity index (χ1n) is 16.2. The molecule has 1 fully saturated rings. The molecule has 1 saturated carbocycles. The van der Waals surface area contributed by atoms with E-state index in [2.05, 4.69) is 5.32 Å². The first-order chi connectivity index (χ1) is 23.1. The molecule has 0 aliphatic heterocycles. The van der Waals surface area contributed by atoms with Gasteiger partial charge in [0.05, 0.1) is 22.7 Å². The number of hydrogen-bond acceptors (Lipinski definition) is 5. The van der Waals surface area contributed by atoms with E-state index in [9.17, 15) is 18.0 Å². The number of ether oxygens (including phenoxy) is 1. The number of anilines is 1. The topological polar surface area (TPSA) is 96.0 Å². The summed E-state index contributed by atoms with van der Waals surface area (Å²) in [7, 11) is -2.78. The van der Waals surface area contributed by atoms with E-state index in [0.29, 0.717) is 5.75 Å². The van der Waals surface area contributed by atoms with E-state index < -0.39 is 28.5 Å². The highest BCUT2D eigenvalue weighted by Gasteiger charge is 2.36. The number of nitrogens with one attached hydrogen (secondary N) is 1. The smallest absolute Gasteiger partial charge is 0.264 e. The number of carbonyl (C=O) groups is 2. The minimum atomic E-state index is -4.25. The van der Waals surface area contributed by atoms with Crippen LogP contribution in [0.5, 0.6) is 5.75 Å². The minimum absolute atomic E-state index is 0.0260. The highest BCUT2D eigenvalue weighted by atomic mass is 35.5. The van der Waals surface area contributed by atoms with Crippen molar-refractivity contribution in [2.75, 3.05) is 18.0 Å². The third kappa shape index (κ3) is 8.38. The third-order valence-electron chi connectivity index (χ3n) is 8.89. The second-order valence-corrected chi connectivity index (χ2v) is 14.6. The van der Waals surface area contributed by atoms with Gasteiger partial charge >= 0.3 is 0 Å². The summed E-state index contributed by atoms with van der Waals surface area (Å²) in [5.41, 5.74) is 3.79. The van der Waals surface area contributed by atoms with E-state index in [1.807, 2.05) is 68.4 Å². The normalized spacial score (nSPS) is 13.9. The van der Waals surface area contributed by atoms with Crippen LogP contribution >= 0.6 is 11.6 Å². The lowest BCUT2D eigenvalue weighted by atomic mass is 10.0. The molecule has 0 heterocycles. The van der Waals surface area contributed by atoms with E-state index in [-0.39, 0.29) is 40.5 Å². The number of amides is 2. The number of benzene rings is 4. The lowest BCUT2D eigenvalue weighted by Crippen LogP contribution is -2.54. The molecule has 0 radical (unpaired) electrons. The number of sulfonamides is 1. The van der Waals surface area contributed by atoms with E-state index in [4.69, 9.17) is 16.3 Å². The van der Waals surface area contributed by atoms with E-state index >= 15 is 0 Å². The fraction of sp³-hybridized carbons (Fsp3) is 0.316. The van der Waals surface area contributed by atoms with Crippen LogP contribution in [-0.4, -0.2) is 50.9 Å². The maximum atomic E-state index is 14.7. The highest BCUT2D eigenvalue weighted by molar-refractivity contribution is 7.92.